The number of aryl methyl sites for hydroxylation is 1. The van der Waals surface area contributed by atoms with Crippen LogP contribution in [-0.4, -0.2) is 14.2 Å². The Bertz CT molecular complexity index is 1330. The molecule has 8 heteroatoms. The van der Waals surface area contributed by atoms with E-state index in [0.717, 1.165) is 10.1 Å². The van der Waals surface area contributed by atoms with Gasteiger partial charge in [0.15, 0.2) is 5.78 Å². The van der Waals surface area contributed by atoms with Crippen molar-refractivity contribution in [2.45, 2.75) is 6.92 Å². The number of carbonyl (C=O) groups excluding carboxylic acids is 1. The van der Waals surface area contributed by atoms with Crippen molar-refractivity contribution < 1.29 is 17.4 Å². The zero-order valence-electron chi connectivity index (χ0n) is 15.8. The molecule has 0 amide bonds. The molecule has 0 saturated carbocycles. The van der Waals surface area contributed by atoms with Gasteiger partial charge < -0.3 is 4.18 Å². The minimum absolute atomic E-state index is 0.138. The molecule has 30 heavy (non-hydrogen) atoms. The van der Waals surface area contributed by atoms with Crippen molar-refractivity contribution in [2.75, 3.05) is 4.72 Å². The third kappa shape index (κ3) is 4.33. The molecule has 1 aromatic heterocycles. The fourth-order valence-electron chi connectivity index (χ4n) is 2.96. The van der Waals surface area contributed by atoms with Gasteiger partial charge in [-0.05, 0) is 49.4 Å². The van der Waals surface area contributed by atoms with Crippen molar-refractivity contribution >= 4 is 54.8 Å². The monoisotopic (exact) mass is 457 g/mol. The number of carbonyl (C=O) groups is 1. The van der Waals surface area contributed by atoms with Gasteiger partial charge in [0.2, 0.25) is 5.06 Å². The van der Waals surface area contributed by atoms with E-state index in [1.54, 1.807) is 55.5 Å². The van der Waals surface area contributed by atoms with Crippen LogP contribution in [0.2, 0.25) is 5.02 Å². The molecule has 0 aliphatic carbocycles. The summed E-state index contributed by atoms with van der Waals surface area (Å²) in [6, 6.07) is 20.4. The summed E-state index contributed by atoms with van der Waals surface area (Å²) in [6.45, 7) is 1.78. The van der Waals surface area contributed by atoms with E-state index < -0.39 is 10.3 Å². The highest BCUT2D eigenvalue weighted by Gasteiger charge is 2.19. The number of nitrogens with one attached hydrogen (secondary N) is 1. The van der Waals surface area contributed by atoms with Crippen LogP contribution in [0.25, 0.3) is 10.1 Å². The second-order valence-corrected chi connectivity index (χ2v) is 9.30. The summed E-state index contributed by atoms with van der Waals surface area (Å²) in [5, 5.41) is 1.69. The molecule has 0 saturated heterocycles. The lowest BCUT2D eigenvalue weighted by atomic mass is 10.0. The van der Waals surface area contributed by atoms with Gasteiger partial charge in [0.1, 0.15) is 0 Å². The summed E-state index contributed by atoms with van der Waals surface area (Å²) in [7, 11) is -4.11. The number of fused-ring (bicyclic) bond motifs is 1. The van der Waals surface area contributed by atoms with E-state index in [-0.39, 0.29) is 10.8 Å². The maximum absolute atomic E-state index is 12.5. The topological polar surface area (TPSA) is 72.5 Å². The lowest BCUT2D eigenvalue weighted by molar-refractivity contribution is 0.103. The number of anilines is 1. The Labute approximate surface area is 183 Å². The minimum atomic E-state index is -4.11. The van der Waals surface area contributed by atoms with Crippen LogP contribution in [0.5, 0.6) is 5.06 Å². The molecule has 0 unspecified atom stereocenters. The predicted molar refractivity (Wildman–Crippen MR) is 121 cm³/mol. The quantitative estimate of drug-likeness (QED) is 0.370. The van der Waals surface area contributed by atoms with Gasteiger partial charge in [0.25, 0.3) is 0 Å². The Hall–Kier alpha value is -2.87. The van der Waals surface area contributed by atoms with Crippen LogP contribution < -0.4 is 8.91 Å². The Morgan fingerprint density at radius 2 is 1.63 bits per heavy atom. The van der Waals surface area contributed by atoms with Crippen molar-refractivity contribution in [1.29, 1.82) is 0 Å². The summed E-state index contributed by atoms with van der Waals surface area (Å²) in [5.41, 5.74) is 2.02. The molecule has 0 bridgehead atoms. The molecule has 4 rings (SSSR count). The predicted octanol–water partition coefficient (Wildman–Crippen LogP) is 5.83. The van der Waals surface area contributed by atoms with Gasteiger partial charge in [0.05, 0.1) is 5.69 Å². The molecular weight excluding hydrogens is 442 g/mol. The van der Waals surface area contributed by atoms with E-state index in [0.29, 0.717) is 27.4 Å². The molecular formula is C22H16ClNO4S2. The van der Waals surface area contributed by atoms with Crippen LogP contribution in [0.4, 0.5) is 5.69 Å². The van der Waals surface area contributed by atoms with Gasteiger partial charge >= 0.3 is 10.3 Å². The third-order valence-electron chi connectivity index (χ3n) is 4.47. The lowest BCUT2D eigenvalue weighted by Crippen LogP contribution is -2.19. The highest BCUT2D eigenvalue weighted by molar-refractivity contribution is 7.88. The number of hydrogen-bond donors (Lipinski definition) is 1. The summed E-state index contributed by atoms with van der Waals surface area (Å²) in [6.07, 6.45) is 0. The summed E-state index contributed by atoms with van der Waals surface area (Å²) in [5.74, 6) is -0.138. The normalized spacial score (nSPS) is 11.4. The number of benzene rings is 3. The second-order valence-electron chi connectivity index (χ2n) is 6.57. The fourth-order valence-corrected chi connectivity index (χ4v) is 5.25. The van der Waals surface area contributed by atoms with Gasteiger partial charge in [-0.25, -0.2) is 0 Å². The zero-order valence-corrected chi connectivity index (χ0v) is 18.1. The van der Waals surface area contributed by atoms with Crippen LogP contribution in [0.3, 0.4) is 0 Å². The standard InChI is InChI=1S/C22H16ClNO4S2/c1-14-19-13-17(23)9-12-20(19)29-22(14)28-30(26,27)24-18-10-7-16(8-11-18)21(25)15-5-3-2-4-6-15/h2-13,24H,1H3. The molecule has 4 aromatic rings. The maximum Gasteiger partial charge on any atom is 0.408 e. The number of thiophene rings is 1. The molecule has 1 heterocycles. The SMILES string of the molecule is Cc1c(OS(=O)(=O)Nc2ccc(C(=O)c3ccccc3)cc2)sc2ccc(Cl)cc12. The smallest absolute Gasteiger partial charge is 0.355 e. The Balaban J connectivity index is 1.51. The van der Waals surface area contributed by atoms with E-state index in [1.807, 2.05) is 12.1 Å². The van der Waals surface area contributed by atoms with Crippen LogP contribution >= 0.6 is 22.9 Å². The molecule has 1 N–H and O–H groups in total. The molecule has 3 aromatic carbocycles. The van der Waals surface area contributed by atoms with E-state index in [4.69, 9.17) is 15.8 Å². The third-order valence-corrected chi connectivity index (χ3v) is 6.83. The first-order valence-electron chi connectivity index (χ1n) is 8.93. The molecule has 0 spiro atoms. The average molecular weight is 458 g/mol. The first-order valence-corrected chi connectivity index (χ1v) is 11.5. The average Bonchev–Trinajstić information content (AvgIpc) is 3.03. The van der Waals surface area contributed by atoms with Crippen molar-refractivity contribution in [3.63, 3.8) is 0 Å². The van der Waals surface area contributed by atoms with Crippen molar-refractivity contribution in [3.8, 4) is 5.06 Å². The Morgan fingerprint density at radius 3 is 2.33 bits per heavy atom. The summed E-state index contributed by atoms with van der Waals surface area (Å²) < 4.78 is 33.5. The molecule has 0 fully saturated rings. The summed E-state index contributed by atoms with van der Waals surface area (Å²) in [4.78, 5) is 12.5. The molecule has 0 atom stereocenters. The second kappa shape index (κ2) is 8.10. The van der Waals surface area contributed by atoms with Crippen LogP contribution in [0.15, 0.2) is 72.8 Å². The largest absolute Gasteiger partial charge is 0.408 e. The Morgan fingerprint density at radius 1 is 0.967 bits per heavy atom. The van der Waals surface area contributed by atoms with Crippen molar-refractivity contribution in [1.82, 2.24) is 0 Å². The highest BCUT2D eigenvalue weighted by Crippen LogP contribution is 2.39. The van der Waals surface area contributed by atoms with Crippen LogP contribution in [-0.2, 0) is 10.3 Å². The lowest BCUT2D eigenvalue weighted by Gasteiger charge is -2.09. The zero-order chi connectivity index (χ0) is 21.3. The van der Waals surface area contributed by atoms with Crippen LogP contribution in [0, 0.1) is 6.92 Å². The highest BCUT2D eigenvalue weighted by atomic mass is 35.5. The van der Waals surface area contributed by atoms with E-state index in [1.165, 1.54) is 23.5 Å². The van der Waals surface area contributed by atoms with Gasteiger partial charge in [0, 0.05) is 31.8 Å². The van der Waals surface area contributed by atoms with E-state index in [9.17, 15) is 13.2 Å². The molecule has 152 valence electrons. The van der Waals surface area contributed by atoms with Crippen molar-refractivity contribution in [2.24, 2.45) is 0 Å². The first-order chi connectivity index (χ1) is 14.3. The van der Waals surface area contributed by atoms with E-state index in [2.05, 4.69) is 4.72 Å². The number of halogens is 1. The molecule has 5 nitrogen and oxygen atoms in total. The van der Waals surface area contributed by atoms with Gasteiger partial charge in [-0.15, -0.1) is 0 Å². The van der Waals surface area contributed by atoms with Crippen molar-refractivity contribution in [3.05, 3.63) is 94.5 Å². The van der Waals surface area contributed by atoms with Gasteiger partial charge in [-0.3, -0.25) is 9.52 Å². The maximum atomic E-state index is 12.5. The van der Waals surface area contributed by atoms with Gasteiger partial charge in [-0.2, -0.15) is 8.42 Å². The minimum Gasteiger partial charge on any atom is -0.355 e. The number of rotatable bonds is 6. The Kier molecular flexibility index (Phi) is 5.51. The van der Waals surface area contributed by atoms with Gasteiger partial charge in [-0.1, -0.05) is 53.3 Å². The number of ketones is 1. The fraction of sp³-hybridized carbons (Fsp3) is 0.0455. The number of hydrogen-bond acceptors (Lipinski definition) is 5. The van der Waals surface area contributed by atoms with E-state index >= 15 is 0 Å². The molecule has 0 aliphatic rings. The molecule has 0 aliphatic heterocycles. The summed E-state index contributed by atoms with van der Waals surface area (Å²) >= 11 is 7.25. The first kappa shape index (κ1) is 20.4. The molecule has 0 radical (unpaired) electrons. The van der Waals surface area contributed by atoms with Crippen LogP contribution in [0.1, 0.15) is 21.5 Å².